The average Bonchev–Trinajstić information content (AvgIpc) is 3.66. The molecule has 10 nitrogen and oxygen atoms in total. The van der Waals surface area contributed by atoms with E-state index in [1.165, 1.54) is 11.1 Å². The molecule has 3 aliphatic rings. The van der Waals surface area contributed by atoms with Gasteiger partial charge in [0.05, 0.1) is 12.3 Å². The molecule has 2 saturated heterocycles. The molecular formula is C29H31N7O3. The number of pyridine rings is 1. The molecule has 5 heterocycles. The number of aromatic nitrogens is 5. The van der Waals surface area contributed by atoms with E-state index < -0.39 is 5.60 Å². The van der Waals surface area contributed by atoms with Gasteiger partial charge in [-0.15, -0.1) is 0 Å². The minimum Gasteiger partial charge on any atom is -0.381 e. The molecule has 1 aliphatic carbocycles. The lowest BCUT2D eigenvalue weighted by atomic mass is 9.73. The molecule has 1 spiro atoms. The third-order valence-electron chi connectivity index (χ3n) is 8.94. The summed E-state index contributed by atoms with van der Waals surface area (Å²) in [6, 6.07) is 12.1. The molecular weight excluding hydrogens is 494 g/mol. The Morgan fingerprint density at radius 2 is 2.00 bits per heavy atom. The van der Waals surface area contributed by atoms with Crippen molar-refractivity contribution in [3.05, 3.63) is 87.6 Å². The summed E-state index contributed by atoms with van der Waals surface area (Å²) in [6.07, 6.45) is 5.00. The van der Waals surface area contributed by atoms with Crippen LogP contribution in [0.5, 0.6) is 0 Å². The van der Waals surface area contributed by atoms with Gasteiger partial charge in [0.15, 0.2) is 5.65 Å². The summed E-state index contributed by atoms with van der Waals surface area (Å²) in [4.78, 5) is 27.5. The highest BCUT2D eigenvalue weighted by atomic mass is 16.5. The van der Waals surface area contributed by atoms with Crippen LogP contribution >= 0.6 is 0 Å². The van der Waals surface area contributed by atoms with Crippen molar-refractivity contribution in [2.45, 2.75) is 37.3 Å². The predicted molar refractivity (Wildman–Crippen MR) is 147 cm³/mol. The first-order valence-corrected chi connectivity index (χ1v) is 13.4. The van der Waals surface area contributed by atoms with Gasteiger partial charge in [-0.25, -0.2) is 0 Å². The number of nitrogens with one attached hydrogen (secondary N) is 2. The van der Waals surface area contributed by atoms with Gasteiger partial charge in [0.1, 0.15) is 16.7 Å². The van der Waals surface area contributed by atoms with Gasteiger partial charge in [0.2, 0.25) is 5.95 Å². The van der Waals surface area contributed by atoms with Crippen molar-refractivity contribution in [3.63, 3.8) is 0 Å². The molecule has 1 aromatic carbocycles. The molecule has 10 heteroatoms. The minimum absolute atomic E-state index is 0.0319. The molecule has 2 aliphatic heterocycles. The highest BCUT2D eigenvalue weighted by molar-refractivity contribution is 5.92. The van der Waals surface area contributed by atoms with Crippen molar-refractivity contribution in [2.24, 2.45) is 11.1 Å². The van der Waals surface area contributed by atoms with Gasteiger partial charge in [-0.2, -0.15) is 10.1 Å². The van der Waals surface area contributed by atoms with E-state index in [0.717, 1.165) is 32.4 Å². The summed E-state index contributed by atoms with van der Waals surface area (Å²) in [6.45, 7) is 6.43. The van der Waals surface area contributed by atoms with E-state index in [0.29, 0.717) is 52.5 Å². The van der Waals surface area contributed by atoms with Gasteiger partial charge in [-0.1, -0.05) is 36.9 Å². The molecule has 0 amide bonds. The van der Waals surface area contributed by atoms with Gasteiger partial charge < -0.3 is 20.5 Å². The number of H-pyrrole nitrogens is 2. The molecule has 2 atom stereocenters. The molecule has 200 valence electrons. The lowest BCUT2D eigenvalue weighted by molar-refractivity contribution is 0.0194. The van der Waals surface area contributed by atoms with E-state index in [1.807, 2.05) is 6.07 Å². The van der Waals surface area contributed by atoms with E-state index in [4.69, 9.17) is 15.5 Å². The Kier molecular flexibility index (Phi) is 5.48. The minimum atomic E-state index is -1.07. The second-order valence-corrected chi connectivity index (χ2v) is 11.1. The van der Waals surface area contributed by atoms with Gasteiger partial charge in [0.25, 0.3) is 5.56 Å². The Labute approximate surface area is 224 Å². The maximum atomic E-state index is 13.3. The average molecular weight is 526 g/mol. The number of rotatable bonds is 4. The number of aromatic amines is 2. The van der Waals surface area contributed by atoms with Crippen LogP contribution in [-0.4, -0.2) is 56.6 Å². The van der Waals surface area contributed by atoms with Crippen molar-refractivity contribution in [1.29, 1.82) is 0 Å². The fourth-order valence-corrected chi connectivity index (χ4v) is 6.50. The molecule has 5 N–H and O–H groups in total. The summed E-state index contributed by atoms with van der Waals surface area (Å²) in [7, 11) is 0. The molecule has 2 fully saturated rings. The van der Waals surface area contributed by atoms with Gasteiger partial charge in [-0.3, -0.25) is 19.9 Å². The lowest BCUT2D eigenvalue weighted by Gasteiger charge is -2.42. The quantitative estimate of drug-likeness (QED) is 0.318. The largest absolute Gasteiger partial charge is 0.381 e. The lowest BCUT2D eigenvalue weighted by Crippen LogP contribution is -2.45. The summed E-state index contributed by atoms with van der Waals surface area (Å²) in [5.74, 6) is 0.533. The zero-order valence-electron chi connectivity index (χ0n) is 21.6. The van der Waals surface area contributed by atoms with Crippen molar-refractivity contribution in [1.82, 2.24) is 25.1 Å². The number of nitrogens with two attached hydrogens (primary N) is 1. The van der Waals surface area contributed by atoms with Crippen LogP contribution in [0, 0.1) is 5.41 Å². The smallest absolute Gasteiger partial charge is 0.264 e. The van der Waals surface area contributed by atoms with Crippen LogP contribution in [0.2, 0.25) is 0 Å². The van der Waals surface area contributed by atoms with Crippen molar-refractivity contribution >= 4 is 22.6 Å². The third-order valence-corrected chi connectivity index (χ3v) is 8.94. The van der Waals surface area contributed by atoms with Crippen LogP contribution in [0.3, 0.4) is 0 Å². The van der Waals surface area contributed by atoms with Gasteiger partial charge >= 0.3 is 0 Å². The zero-order chi connectivity index (χ0) is 26.8. The van der Waals surface area contributed by atoms with Crippen LogP contribution in [0.1, 0.15) is 53.4 Å². The van der Waals surface area contributed by atoms with E-state index in [9.17, 15) is 9.90 Å². The number of ether oxygens (including phenoxy) is 1. The monoisotopic (exact) mass is 525 g/mol. The molecule has 7 rings (SSSR count). The first-order valence-electron chi connectivity index (χ1n) is 13.4. The molecule has 0 bridgehead atoms. The van der Waals surface area contributed by atoms with Crippen LogP contribution in [0.25, 0.3) is 16.6 Å². The highest BCUT2D eigenvalue weighted by Crippen LogP contribution is 2.50. The Hall–Kier alpha value is -3.86. The number of hydrogen-bond donors (Lipinski definition) is 4. The van der Waals surface area contributed by atoms with Crippen LogP contribution in [0.15, 0.2) is 54.0 Å². The summed E-state index contributed by atoms with van der Waals surface area (Å²) < 4.78 is 5.33. The highest BCUT2D eigenvalue weighted by Gasteiger charge is 2.46. The standard InChI is InChI=1S/C29H31N7O3/c1-17(19-6-7-21(31-15-19)29(38)10-13-39-16-29)23-22-25(35-34-23)32-27(33-26(22)37)36-11-8-28(9-12-36)14-18-4-2-3-5-20(18)24(28)30/h2-7,15,24,38H,1,8-14,16,30H2,(H2,32,33,34,35,37)/t24?,29-/m1/s1. The van der Waals surface area contributed by atoms with Crippen molar-refractivity contribution in [2.75, 3.05) is 31.2 Å². The van der Waals surface area contributed by atoms with Crippen molar-refractivity contribution < 1.29 is 9.84 Å². The Morgan fingerprint density at radius 1 is 1.18 bits per heavy atom. The Morgan fingerprint density at radius 3 is 2.72 bits per heavy atom. The van der Waals surface area contributed by atoms with Crippen LogP contribution in [-0.2, 0) is 16.8 Å². The number of benzene rings is 1. The number of anilines is 1. The summed E-state index contributed by atoms with van der Waals surface area (Å²) >= 11 is 0. The number of hydrogen-bond acceptors (Lipinski definition) is 8. The molecule has 3 aromatic heterocycles. The topological polar surface area (TPSA) is 146 Å². The van der Waals surface area contributed by atoms with E-state index >= 15 is 0 Å². The SMILES string of the molecule is C=C(c1ccc([C@@]2(O)CCOC2)nc1)c1n[nH]c2nc(N3CCC4(CC3)Cc3ccccc3C4N)[nH]c(=O)c12. The Balaban J connectivity index is 1.11. The van der Waals surface area contributed by atoms with E-state index in [-0.39, 0.29) is 23.6 Å². The number of nitrogens with zero attached hydrogens (tertiary/aromatic N) is 4. The predicted octanol–water partition coefficient (Wildman–Crippen LogP) is 2.55. The number of fused-ring (bicyclic) bond motifs is 2. The summed E-state index contributed by atoms with van der Waals surface area (Å²) in [5, 5.41) is 18.4. The van der Waals surface area contributed by atoms with E-state index in [2.05, 4.69) is 55.9 Å². The third kappa shape index (κ3) is 3.82. The van der Waals surface area contributed by atoms with Gasteiger partial charge in [-0.05, 0) is 41.9 Å². The second kappa shape index (κ2) is 8.84. The normalized spacial score (nSPS) is 23.9. The maximum absolute atomic E-state index is 13.3. The van der Waals surface area contributed by atoms with Gasteiger partial charge in [0, 0.05) is 49.5 Å². The van der Waals surface area contributed by atoms with Crippen LogP contribution < -0.4 is 16.2 Å². The molecule has 4 aromatic rings. The Bertz CT molecular complexity index is 1630. The molecule has 0 radical (unpaired) electrons. The second-order valence-electron chi connectivity index (χ2n) is 11.1. The fraction of sp³-hybridized carbons (Fsp3) is 0.379. The molecule has 0 saturated carbocycles. The number of piperidine rings is 1. The maximum Gasteiger partial charge on any atom is 0.264 e. The number of aliphatic hydroxyl groups is 1. The van der Waals surface area contributed by atoms with Crippen molar-refractivity contribution in [3.8, 4) is 0 Å². The zero-order valence-corrected chi connectivity index (χ0v) is 21.6. The van der Waals surface area contributed by atoms with E-state index in [1.54, 1.807) is 12.3 Å². The van der Waals surface area contributed by atoms with Crippen LogP contribution in [0.4, 0.5) is 5.95 Å². The summed E-state index contributed by atoms with van der Waals surface area (Å²) in [5.41, 5.74) is 10.7. The molecule has 39 heavy (non-hydrogen) atoms. The first-order chi connectivity index (χ1) is 18.9. The fourth-order valence-electron chi connectivity index (χ4n) is 6.50. The first kappa shape index (κ1) is 24.2. The molecule has 1 unspecified atom stereocenters.